The van der Waals surface area contributed by atoms with Crippen LogP contribution in [0.5, 0.6) is 0 Å². The van der Waals surface area contributed by atoms with Crippen molar-refractivity contribution in [1.29, 1.82) is 0 Å². The minimum Gasteiger partial charge on any atom is -0.444 e. The fourth-order valence-electron chi connectivity index (χ4n) is 3.94. The van der Waals surface area contributed by atoms with Crippen molar-refractivity contribution in [3.05, 3.63) is 35.4 Å². The fourth-order valence-corrected chi connectivity index (χ4v) is 3.94. The number of carbonyl (C=O) groups is 4. The Balaban J connectivity index is 3.59. The molecule has 0 heterocycles. The van der Waals surface area contributed by atoms with E-state index in [1.807, 2.05) is 52.0 Å². The van der Waals surface area contributed by atoms with Gasteiger partial charge in [0.05, 0.1) is 6.42 Å². The van der Waals surface area contributed by atoms with Gasteiger partial charge in [-0.1, -0.05) is 51.0 Å². The summed E-state index contributed by atoms with van der Waals surface area (Å²) in [4.78, 5) is 53.9. The van der Waals surface area contributed by atoms with E-state index in [1.54, 1.807) is 20.8 Å². The van der Waals surface area contributed by atoms with Gasteiger partial charge in [0.1, 0.15) is 17.7 Å². The van der Waals surface area contributed by atoms with Crippen LogP contribution in [0, 0.1) is 6.92 Å². The molecule has 9 nitrogen and oxygen atoms in total. The van der Waals surface area contributed by atoms with Crippen LogP contribution in [0.15, 0.2) is 24.3 Å². The molecule has 0 saturated heterocycles. The second-order valence-electron chi connectivity index (χ2n) is 11.0. The van der Waals surface area contributed by atoms with Crippen molar-refractivity contribution in [2.45, 2.75) is 111 Å². The molecular formula is C28H46N4O5. The Bertz CT molecular complexity index is 939. The standard InChI is InChI=1S/C28H46N4O5/c1-9-11-14-17-30-24(34)23(20-16-13-12-15-19(20)3)32(28(7,8)10-2)25(35)21(18-22(29)33)31-26(36)37-27(4,5)6/h12-13,15-16,21,23H,9-11,14,17-18H2,1-8H3,(H2,29,33)(H,30,34)(H,31,36). The molecule has 0 aliphatic carbocycles. The molecule has 0 bridgehead atoms. The highest BCUT2D eigenvalue weighted by atomic mass is 16.6. The van der Waals surface area contributed by atoms with Gasteiger partial charge in [0.15, 0.2) is 0 Å². The SMILES string of the molecule is CCCCCNC(=O)C(c1ccccc1C)N(C(=O)C(CC(N)=O)NC(=O)OC(C)(C)C)C(C)(C)CC. The lowest BCUT2D eigenvalue weighted by Crippen LogP contribution is -2.60. The minimum atomic E-state index is -1.31. The predicted molar refractivity (Wildman–Crippen MR) is 145 cm³/mol. The molecule has 0 aliphatic rings. The van der Waals surface area contributed by atoms with Gasteiger partial charge in [-0.2, -0.15) is 0 Å². The first-order chi connectivity index (χ1) is 17.1. The molecule has 208 valence electrons. The number of nitrogens with two attached hydrogens (primary N) is 1. The number of hydrogen-bond acceptors (Lipinski definition) is 5. The summed E-state index contributed by atoms with van der Waals surface area (Å²) in [6.45, 7) is 15.2. The van der Waals surface area contributed by atoms with E-state index in [2.05, 4.69) is 17.6 Å². The third-order valence-corrected chi connectivity index (χ3v) is 6.22. The molecular weight excluding hydrogens is 472 g/mol. The second kappa shape index (κ2) is 14.0. The quantitative estimate of drug-likeness (QED) is 0.338. The van der Waals surface area contributed by atoms with Crippen LogP contribution in [0.1, 0.15) is 97.7 Å². The summed E-state index contributed by atoms with van der Waals surface area (Å²) in [5.74, 6) is -1.68. The number of rotatable bonds is 13. The number of ether oxygens (including phenoxy) is 1. The van der Waals surface area contributed by atoms with Gasteiger partial charge in [-0.3, -0.25) is 14.4 Å². The summed E-state index contributed by atoms with van der Waals surface area (Å²) in [6, 6.07) is 5.10. The van der Waals surface area contributed by atoms with Crippen LogP contribution in [-0.4, -0.2) is 52.4 Å². The van der Waals surface area contributed by atoms with Gasteiger partial charge in [0, 0.05) is 12.1 Å². The van der Waals surface area contributed by atoms with Crippen LogP contribution in [0.3, 0.4) is 0 Å². The molecule has 0 radical (unpaired) electrons. The average molecular weight is 519 g/mol. The Morgan fingerprint density at radius 2 is 1.65 bits per heavy atom. The zero-order chi connectivity index (χ0) is 28.4. The van der Waals surface area contributed by atoms with Crippen LogP contribution < -0.4 is 16.4 Å². The molecule has 0 aromatic heterocycles. The Labute approximate surface area is 221 Å². The van der Waals surface area contributed by atoms with Crippen molar-refractivity contribution >= 4 is 23.8 Å². The number of amides is 4. The molecule has 1 aromatic rings. The molecule has 2 unspecified atom stereocenters. The third kappa shape index (κ3) is 10.1. The minimum absolute atomic E-state index is 0.324. The molecule has 0 saturated carbocycles. The maximum Gasteiger partial charge on any atom is 0.408 e. The zero-order valence-corrected chi connectivity index (χ0v) is 23.8. The Hall–Kier alpha value is -3.10. The summed E-state index contributed by atoms with van der Waals surface area (Å²) in [5.41, 5.74) is 5.35. The molecule has 4 amide bonds. The summed E-state index contributed by atoms with van der Waals surface area (Å²) in [5, 5.41) is 5.51. The van der Waals surface area contributed by atoms with Crippen molar-refractivity contribution in [1.82, 2.24) is 15.5 Å². The average Bonchev–Trinajstić information content (AvgIpc) is 2.78. The van der Waals surface area contributed by atoms with Crippen molar-refractivity contribution in [3.8, 4) is 0 Å². The molecule has 9 heteroatoms. The van der Waals surface area contributed by atoms with Gasteiger partial charge < -0.3 is 26.0 Å². The van der Waals surface area contributed by atoms with Crippen molar-refractivity contribution < 1.29 is 23.9 Å². The summed E-state index contributed by atoms with van der Waals surface area (Å²) < 4.78 is 5.33. The molecule has 2 atom stereocenters. The normalized spacial score (nSPS) is 13.3. The number of primary amides is 1. The summed E-state index contributed by atoms with van der Waals surface area (Å²) in [6.07, 6.45) is 2.03. The van der Waals surface area contributed by atoms with Crippen LogP contribution in [0.25, 0.3) is 0 Å². The lowest BCUT2D eigenvalue weighted by atomic mass is 9.90. The fraction of sp³-hybridized carbons (Fsp3) is 0.643. The van der Waals surface area contributed by atoms with Crippen molar-refractivity contribution in [2.75, 3.05) is 6.54 Å². The zero-order valence-electron chi connectivity index (χ0n) is 23.8. The Morgan fingerprint density at radius 3 is 2.16 bits per heavy atom. The van der Waals surface area contributed by atoms with Crippen LogP contribution in [-0.2, 0) is 19.1 Å². The number of benzene rings is 1. The maximum absolute atomic E-state index is 14.2. The number of aryl methyl sites for hydroxylation is 1. The lowest BCUT2D eigenvalue weighted by Gasteiger charge is -2.44. The molecule has 1 aromatic carbocycles. The largest absolute Gasteiger partial charge is 0.444 e. The van der Waals surface area contributed by atoms with Gasteiger partial charge in [-0.05, 0) is 65.5 Å². The third-order valence-electron chi connectivity index (χ3n) is 6.22. The van der Waals surface area contributed by atoms with Crippen molar-refractivity contribution in [2.24, 2.45) is 5.73 Å². The number of nitrogens with one attached hydrogen (secondary N) is 2. The molecule has 4 N–H and O–H groups in total. The number of unbranched alkanes of at least 4 members (excludes halogenated alkanes) is 2. The highest BCUT2D eigenvalue weighted by Gasteiger charge is 2.43. The van der Waals surface area contributed by atoms with E-state index in [1.165, 1.54) is 4.90 Å². The first-order valence-corrected chi connectivity index (χ1v) is 13.1. The van der Waals surface area contributed by atoms with Gasteiger partial charge in [-0.25, -0.2) is 4.79 Å². The van der Waals surface area contributed by atoms with Gasteiger partial charge >= 0.3 is 6.09 Å². The van der Waals surface area contributed by atoms with E-state index in [9.17, 15) is 19.2 Å². The smallest absolute Gasteiger partial charge is 0.408 e. The van der Waals surface area contributed by atoms with E-state index in [-0.39, 0.29) is 5.91 Å². The molecule has 1 rings (SSSR count). The van der Waals surface area contributed by atoms with E-state index in [4.69, 9.17) is 10.5 Å². The predicted octanol–water partition coefficient (Wildman–Crippen LogP) is 4.13. The topological polar surface area (TPSA) is 131 Å². The highest BCUT2D eigenvalue weighted by Crippen LogP contribution is 2.33. The Morgan fingerprint density at radius 1 is 1.03 bits per heavy atom. The number of hydrogen-bond donors (Lipinski definition) is 3. The van der Waals surface area contributed by atoms with Crippen LogP contribution in [0.2, 0.25) is 0 Å². The van der Waals surface area contributed by atoms with Gasteiger partial charge in [0.25, 0.3) is 0 Å². The summed E-state index contributed by atoms with van der Waals surface area (Å²) in [7, 11) is 0. The van der Waals surface area contributed by atoms with Crippen LogP contribution in [0.4, 0.5) is 4.79 Å². The highest BCUT2D eigenvalue weighted by molar-refractivity contribution is 5.95. The number of carbonyl (C=O) groups excluding carboxylic acids is 4. The monoisotopic (exact) mass is 518 g/mol. The van der Waals surface area contributed by atoms with Gasteiger partial charge in [-0.15, -0.1) is 0 Å². The maximum atomic E-state index is 14.2. The van der Waals surface area contributed by atoms with Gasteiger partial charge in [0.2, 0.25) is 17.7 Å². The molecule has 37 heavy (non-hydrogen) atoms. The molecule has 0 fully saturated rings. The number of alkyl carbamates (subject to hydrolysis) is 1. The Kier molecular flexibility index (Phi) is 12.1. The first kappa shape index (κ1) is 31.9. The van der Waals surface area contributed by atoms with E-state index >= 15 is 0 Å². The molecule has 0 aliphatic heterocycles. The van der Waals surface area contributed by atoms with E-state index in [0.717, 1.165) is 24.8 Å². The lowest BCUT2D eigenvalue weighted by molar-refractivity contribution is -0.150. The van der Waals surface area contributed by atoms with E-state index in [0.29, 0.717) is 18.5 Å². The second-order valence-corrected chi connectivity index (χ2v) is 11.0. The van der Waals surface area contributed by atoms with Crippen LogP contribution >= 0.6 is 0 Å². The molecule has 0 spiro atoms. The van der Waals surface area contributed by atoms with E-state index < -0.39 is 47.6 Å². The summed E-state index contributed by atoms with van der Waals surface area (Å²) >= 11 is 0. The van der Waals surface area contributed by atoms with Crippen molar-refractivity contribution in [3.63, 3.8) is 0 Å². The number of nitrogens with zero attached hydrogens (tertiary/aromatic N) is 1. The first-order valence-electron chi connectivity index (χ1n) is 13.1.